The molecule has 1 N–H and O–H groups in total. The number of piperidine rings is 1. The molecule has 1 fully saturated rings. The van der Waals surface area contributed by atoms with Gasteiger partial charge in [0.15, 0.2) is 11.6 Å². The van der Waals surface area contributed by atoms with Crippen molar-refractivity contribution in [1.82, 2.24) is 9.97 Å². The molecule has 1 saturated heterocycles. The van der Waals surface area contributed by atoms with E-state index in [1.807, 2.05) is 24.3 Å². The number of fused-ring (bicyclic) bond motifs is 2. The first-order chi connectivity index (χ1) is 15.8. The molecule has 2 atom stereocenters. The molecule has 0 bridgehead atoms. The first-order valence-corrected chi connectivity index (χ1v) is 12.9. The van der Waals surface area contributed by atoms with Gasteiger partial charge >= 0.3 is 0 Å². The Balaban J connectivity index is 1.64. The molecule has 33 heavy (non-hydrogen) atoms. The number of rotatable bonds is 4. The van der Waals surface area contributed by atoms with Crippen LogP contribution in [0, 0.1) is 5.41 Å². The van der Waals surface area contributed by atoms with Crippen molar-refractivity contribution in [3.63, 3.8) is 0 Å². The van der Waals surface area contributed by atoms with Gasteiger partial charge in [0.1, 0.15) is 4.90 Å². The Morgan fingerprint density at radius 1 is 1.09 bits per heavy atom. The Kier molecular flexibility index (Phi) is 5.59. The van der Waals surface area contributed by atoms with Gasteiger partial charge in [-0.25, -0.2) is 18.4 Å². The van der Waals surface area contributed by atoms with Crippen LogP contribution >= 0.6 is 23.2 Å². The van der Waals surface area contributed by atoms with Gasteiger partial charge in [-0.2, -0.15) is 0 Å². The van der Waals surface area contributed by atoms with Crippen LogP contribution in [0.25, 0.3) is 11.0 Å². The molecule has 2 aromatic carbocycles. The Labute approximate surface area is 203 Å². The highest BCUT2D eigenvalue weighted by atomic mass is 35.5. The Hall–Kier alpha value is -2.61. The number of hydrogen-bond acceptors (Lipinski definition) is 5. The Morgan fingerprint density at radius 3 is 2.64 bits per heavy atom. The Morgan fingerprint density at radius 2 is 1.85 bits per heavy atom. The van der Waals surface area contributed by atoms with Crippen LogP contribution in [0.3, 0.4) is 0 Å². The second kappa shape index (κ2) is 8.31. The summed E-state index contributed by atoms with van der Waals surface area (Å²) in [5, 5.41) is 0.351. The average Bonchev–Trinajstić information content (AvgIpc) is 2.79. The molecule has 6 nitrogen and oxygen atoms in total. The summed E-state index contributed by atoms with van der Waals surface area (Å²) in [6.45, 7) is 2.95. The lowest BCUT2D eigenvalue weighted by molar-refractivity contribution is 0.283. The molecule has 0 spiro atoms. The minimum absolute atomic E-state index is 0.0322. The molecular formula is C24H22Cl2N4O2S. The molecule has 0 amide bonds. The molecule has 0 saturated carbocycles. The molecule has 1 aliphatic carbocycles. The standard InChI is InChI=1S/C24H22Cl2N4O2S/c1-24-12-5-4-9-21(24)30(14-6-13-24)23-22(27-18-7-2-3-8-19(18)28-23)29-33(31,32)20-15-16(25)10-11-17(20)26/h2-5,7-12,15,21H,6,13-14H2,1H3,(H,27,29). The second-order valence-corrected chi connectivity index (χ2v) is 11.1. The molecule has 1 aromatic heterocycles. The van der Waals surface area contributed by atoms with Crippen molar-refractivity contribution in [2.45, 2.75) is 30.7 Å². The van der Waals surface area contributed by atoms with E-state index < -0.39 is 10.0 Å². The molecule has 9 heteroatoms. The first kappa shape index (κ1) is 22.2. The summed E-state index contributed by atoms with van der Waals surface area (Å²) in [5.41, 5.74) is 1.21. The predicted molar refractivity (Wildman–Crippen MR) is 134 cm³/mol. The van der Waals surface area contributed by atoms with Gasteiger partial charge in [-0.1, -0.05) is 66.6 Å². The topological polar surface area (TPSA) is 75.2 Å². The van der Waals surface area contributed by atoms with Crippen molar-refractivity contribution in [1.29, 1.82) is 0 Å². The molecule has 0 radical (unpaired) electrons. The minimum atomic E-state index is -4.07. The van der Waals surface area contributed by atoms with Gasteiger partial charge in [0.05, 0.1) is 22.1 Å². The molecule has 2 aliphatic rings. The normalized spacial score (nSPS) is 22.4. The molecule has 2 unspecified atom stereocenters. The highest BCUT2D eigenvalue weighted by molar-refractivity contribution is 7.92. The molecule has 1 aliphatic heterocycles. The number of allylic oxidation sites excluding steroid dienone is 2. The molecule has 5 rings (SSSR count). The quantitative estimate of drug-likeness (QED) is 0.486. The first-order valence-electron chi connectivity index (χ1n) is 10.6. The molecule has 2 heterocycles. The van der Waals surface area contributed by atoms with E-state index in [1.54, 1.807) is 12.1 Å². The zero-order chi connectivity index (χ0) is 23.2. The van der Waals surface area contributed by atoms with Crippen LogP contribution in [0.15, 0.2) is 71.7 Å². The van der Waals surface area contributed by atoms with Crippen LogP contribution in [-0.2, 0) is 10.0 Å². The fourth-order valence-corrected chi connectivity index (χ4v) is 6.35. The van der Waals surface area contributed by atoms with Crippen molar-refractivity contribution in [2.75, 3.05) is 16.2 Å². The highest BCUT2D eigenvalue weighted by Crippen LogP contribution is 2.43. The lowest BCUT2D eigenvalue weighted by Gasteiger charge is -2.47. The largest absolute Gasteiger partial charge is 0.346 e. The van der Waals surface area contributed by atoms with Gasteiger partial charge in [-0.05, 0) is 43.2 Å². The van der Waals surface area contributed by atoms with Crippen LogP contribution < -0.4 is 9.62 Å². The van der Waals surface area contributed by atoms with Gasteiger partial charge in [0.25, 0.3) is 10.0 Å². The van der Waals surface area contributed by atoms with Crippen LogP contribution in [0.5, 0.6) is 0 Å². The van der Waals surface area contributed by atoms with E-state index >= 15 is 0 Å². The fraction of sp³-hybridized carbons (Fsp3) is 0.250. The van der Waals surface area contributed by atoms with Crippen molar-refractivity contribution < 1.29 is 8.42 Å². The number of nitrogens with zero attached hydrogens (tertiary/aromatic N) is 3. The van der Waals surface area contributed by atoms with Gasteiger partial charge in [0.2, 0.25) is 0 Å². The van der Waals surface area contributed by atoms with Crippen LogP contribution in [0.1, 0.15) is 19.8 Å². The summed E-state index contributed by atoms with van der Waals surface area (Å²) in [4.78, 5) is 11.5. The number of sulfonamides is 1. The van der Waals surface area contributed by atoms with E-state index in [1.165, 1.54) is 12.1 Å². The lowest BCUT2D eigenvalue weighted by Crippen LogP contribution is -2.50. The Bertz CT molecular complexity index is 1410. The zero-order valence-electron chi connectivity index (χ0n) is 17.9. The maximum atomic E-state index is 13.3. The maximum Gasteiger partial charge on any atom is 0.264 e. The summed E-state index contributed by atoms with van der Waals surface area (Å²) >= 11 is 12.2. The number of halogens is 2. The van der Waals surface area contributed by atoms with E-state index in [0.717, 1.165) is 19.4 Å². The molecule has 170 valence electrons. The van der Waals surface area contributed by atoms with Gasteiger partial charge in [-0.3, -0.25) is 4.72 Å². The lowest BCUT2D eigenvalue weighted by atomic mass is 9.72. The summed E-state index contributed by atoms with van der Waals surface area (Å²) in [5.74, 6) is 0.656. The van der Waals surface area contributed by atoms with Crippen LogP contribution in [0.2, 0.25) is 10.0 Å². The number of hydrogen-bond donors (Lipinski definition) is 1. The number of anilines is 2. The minimum Gasteiger partial charge on any atom is -0.346 e. The molecule has 3 aromatic rings. The van der Waals surface area contributed by atoms with E-state index in [4.69, 9.17) is 28.2 Å². The number of benzene rings is 2. The van der Waals surface area contributed by atoms with Crippen molar-refractivity contribution in [3.8, 4) is 0 Å². The summed E-state index contributed by atoms with van der Waals surface area (Å²) in [7, 11) is -4.07. The second-order valence-electron chi connectivity index (χ2n) is 8.56. The number of para-hydroxylation sites is 2. The van der Waals surface area contributed by atoms with Crippen LogP contribution in [0.4, 0.5) is 11.6 Å². The third-order valence-corrected chi connectivity index (χ3v) is 8.30. The number of nitrogens with one attached hydrogen (secondary N) is 1. The van der Waals surface area contributed by atoms with E-state index in [9.17, 15) is 8.42 Å². The van der Waals surface area contributed by atoms with Gasteiger partial charge in [0, 0.05) is 17.0 Å². The SMILES string of the molecule is CC12C=CC=CC1N(c1nc3ccccc3nc1NS(=O)(=O)c1cc(Cl)ccc1Cl)CCC2. The monoisotopic (exact) mass is 500 g/mol. The predicted octanol–water partition coefficient (Wildman–Crippen LogP) is 5.84. The zero-order valence-corrected chi connectivity index (χ0v) is 20.2. The summed E-state index contributed by atoms with van der Waals surface area (Å²) in [6.07, 6.45) is 10.4. The van der Waals surface area contributed by atoms with Crippen molar-refractivity contribution >= 4 is 55.9 Å². The fourth-order valence-electron chi connectivity index (χ4n) is 4.59. The summed E-state index contributed by atoms with van der Waals surface area (Å²) in [6, 6.07) is 11.8. The van der Waals surface area contributed by atoms with E-state index in [-0.39, 0.29) is 32.2 Å². The van der Waals surface area contributed by atoms with Gasteiger partial charge < -0.3 is 4.90 Å². The van der Waals surface area contributed by atoms with Crippen molar-refractivity contribution in [3.05, 3.63) is 76.8 Å². The highest BCUT2D eigenvalue weighted by Gasteiger charge is 2.40. The maximum absolute atomic E-state index is 13.3. The van der Waals surface area contributed by atoms with Gasteiger partial charge in [-0.15, -0.1) is 0 Å². The van der Waals surface area contributed by atoms with Crippen LogP contribution in [-0.4, -0.2) is 31.0 Å². The third kappa shape index (κ3) is 4.09. The third-order valence-electron chi connectivity index (χ3n) is 6.25. The smallest absolute Gasteiger partial charge is 0.264 e. The average molecular weight is 501 g/mol. The van der Waals surface area contributed by atoms with Crippen molar-refractivity contribution in [2.24, 2.45) is 5.41 Å². The number of aromatic nitrogens is 2. The van der Waals surface area contributed by atoms with E-state index in [2.05, 4.69) is 39.8 Å². The summed E-state index contributed by atoms with van der Waals surface area (Å²) < 4.78 is 29.3. The van der Waals surface area contributed by atoms with E-state index in [0.29, 0.717) is 16.9 Å². The molecular weight excluding hydrogens is 479 g/mol.